The molecule has 0 unspecified atom stereocenters. The molecule has 0 bridgehead atoms. The average molecular weight is 477 g/mol. The second-order valence-electron chi connectivity index (χ2n) is 6.93. The van der Waals surface area contributed by atoms with Gasteiger partial charge in [0, 0.05) is 5.69 Å². The van der Waals surface area contributed by atoms with Gasteiger partial charge in [0.15, 0.2) is 0 Å². The summed E-state index contributed by atoms with van der Waals surface area (Å²) in [6.07, 6.45) is 0. The number of nitrogens with zero attached hydrogens (tertiary/aromatic N) is 1. The summed E-state index contributed by atoms with van der Waals surface area (Å²) in [6, 6.07) is 16.5. The molecule has 3 aromatic rings. The Morgan fingerprint density at radius 1 is 1.06 bits per heavy atom. The van der Waals surface area contributed by atoms with Crippen molar-refractivity contribution in [2.75, 3.05) is 22.8 Å². The summed E-state index contributed by atoms with van der Waals surface area (Å²) in [4.78, 5) is 12.7. The second kappa shape index (κ2) is 10.0. The Morgan fingerprint density at radius 3 is 2.31 bits per heavy atom. The normalized spacial score (nSPS) is 11.1. The first-order valence-electron chi connectivity index (χ1n) is 9.78. The molecule has 0 fully saturated rings. The van der Waals surface area contributed by atoms with Crippen LogP contribution in [0, 0.1) is 12.7 Å². The monoisotopic (exact) mass is 476 g/mol. The molecule has 32 heavy (non-hydrogen) atoms. The van der Waals surface area contributed by atoms with Crippen molar-refractivity contribution in [1.82, 2.24) is 0 Å². The molecule has 0 saturated heterocycles. The summed E-state index contributed by atoms with van der Waals surface area (Å²) in [6.45, 7) is 3.67. The van der Waals surface area contributed by atoms with Crippen LogP contribution in [-0.2, 0) is 14.8 Å². The van der Waals surface area contributed by atoms with Crippen LogP contribution in [0.25, 0.3) is 0 Å². The van der Waals surface area contributed by atoms with Crippen LogP contribution in [0.15, 0.2) is 71.6 Å². The molecule has 0 saturated carbocycles. The topological polar surface area (TPSA) is 75.7 Å². The third-order valence-electron chi connectivity index (χ3n) is 4.54. The van der Waals surface area contributed by atoms with Crippen LogP contribution in [0.5, 0.6) is 5.75 Å². The van der Waals surface area contributed by atoms with Crippen molar-refractivity contribution in [3.8, 4) is 5.75 Å². The number of amides is 1. The fourth-order valence-electron chi connectivity index (χ4n) is 2.93. The maximum absolute atomic E-state index is 13.4. The molecule has 0 aliphatic rings. The van der Waals surface area contributed by atoms with Gasteiger partial charge in [-0.3, -0.25) is 9.10 Å². The highest BCUT2D eigenvalue weighted by Crippen LogP contribution is 2.26. The van der Waals surface area contributed by atoms with Crippen molar-refractivity contribution >= 4 is 38.9 Å². The van der Waals surface area contributed by atoms with E-state index >= 15 is 0 Å². The van der Waals surface area contributed by atoms with Crippen molar-refractivity contribution in [3.05, 3.63) is 83.1 Å². The van der Waals surface area contributed by atoms with Gasteiger partial charge in [0.1, 0.15) is 18.1 Å². The molecule has 3 rings (SSSR count). The van der Waals surface area contributed by atoms with E-state index in [9.17, 15) is 17.6 Å². The number of halogens is 2. The van der Waals surface area contributed by atoms with E-state index in [-0.39, 0.29) is 15.6 Å². The zero-order valence-electron chi connectivity index (χ0n) is 17.5. The summed E-state index contributed by atoms with van der Waals surface area (Å²) >= 11 is 5.76. The molecule has 1 amide bonds. The molecule has 3 aromatic carbocycles. The number of ether oxygens (including phenoxy) is 1. The Labute approximate surface area is 191 Å². The van der Waals surface area contributed by atoms with E-state index in [0.717, 1.165) is 15.9 Å². The first-order valence-corrected chi connectivity index (χ1v) is 11.6. The molecule has 1 N–H and O–H groups in total. The van der Waals surface area contributed by atoms with Gasteiger partial charge in [0.25, 0.3) is 10.0 Å². The fraction of sp³-hybridized carbons (Fsp3) is 0.174. The second-order valence-corrected chi connectivity index (χ2v) is 9.20. The molecule has 168 valence electrons. The third kappa shape index (κ3) is 5.57. The van der Waals surface area contributed by atoms with Gasteiger partial charge in [-0.15, -0.1) is 0 Å². The predicted octanol–water partition coefficient (Wildman–Crippen LogP) is 5.02. The average Bonchev–Trinajstić information content (AvgIpc) is 2.76. The number of sulfonamides is 1. The van der Waals surface area contributed by atoms with Crippen molar-refractivity contribution in [3.63, 3.8) is 0 Å². The number of rotatable bonds is 8. The highest BCUT2D eigenvalue weighted by atomic mass is 35.5. The van der Waals surface area contributed by atoms with E-state index in [0.29, 0.717) is 18.0 Å². The fourth-order valence-corrected chi connectivity index (χ4v) is 4.53. The SMILES string of the molecule is CCOc1ccc(S(=O)(=O)N(CC(=O)Nc2ccc(F)c(Cl)c2)c2ccc(C)cc2)cc1. The van der Waals surface area contributed by atoms with Crippen molar-refractivity contribution in [2.45, 2.75) is 18.7 Å². The number of benzene rings is 3. The number of anilines is 2. The lowest BCUT2D eigenvalue weighted by Gasteiger charge is -2.24. The van der Waals surface area contributed by atoms with Crippen molar-refractivity contribution in [1.29, 1.82) is 0 Å². The molecule has 9 heteroatoms. The zero-order valence-corrected chi connectivity index (χ0v) is 19.1. The third-order valence-corrected chi connectivity index (χ3v) is 6.61. The number of hydrogen-bond acceptors (Lipinski definition) is 4. The molecular weight excluding hydrogens is 455 g/mol. The maximum atomic E-state index is 13.4. The molecule has 0 atom stereocenters. The Balaban J connectivity index is 1.91. The highest BCUT2D eigenvalue weighted by molar-refractivity contribution is 7.92. The number of hydrogen-bond donors (Lipinski definition) is 1. The first kappa shape index (κ1) is 23.6. The van der Waals surface area contributed by atoms with Gasteiger partial charge in [0.2, 0.25) is 5.91 Å². The molecule has 0 aliphatic carbocycles. The Hall–Kier alpha value is -3.10. The molecular formula is C23H22ClFN2O4S. The molecule has 6 nitrogen and oxygen atoms in total. The number of aryl methyl sites for hydroxylation is 1. The largest absolute Gasteiger partial charge is 0.494 e. The van der Waals surface area contributed by atoms with E-state index in [1.807, 2.05) is 13.8 Å². The van der Waals surface area contributed by atoms with Crippen LogP contribution >= 0.6 is 11.6 Å². The van der Waals surface area contributed by atoms with Gasteiger partial charge in [-0.05, 0) is 68.4 Å². The van der Waals surface area contributed by atoms with Crippen LogP contribution in [0.4, 0.5) is 15.8 Å². The van der Waals surface area contributed by atoms with Crippen LogP contribution in [0.1, 0.15) is 12.5 Å². The van der Waals surface area contributed by atoms with E-state index < -0.39 is 28.3 Å². The zero-order chi connectivity index (χ0) is 23.3. The minimum absolute atomic E-state index is 0.0131. The van der Waals surface area contributed by atoms with Crippen LogP contribution in [0.2, 0.25) is 5.02 Å². The predicted molar refractivity (Wildman–Crippen MR) is 123 cm³/mol. The lowest BCUT2D eigenvalue weighted by Crippen LogP contribution is -2.38. The minimum atomic E-state index is -4.07. The lowest BCUT2D eigenvalue weighted by atomic mass is 10.2. The quantitative estimate of drug-likeness (QED) is 0.495. The molecule has 0 aromatic heterocycles. The lowest BCUT2D eigenvalue weighted by molar-refractivity contribution is -0.114. The molecule has 0 heterocycles. The maximum Gasteiger partial charge on any atom is 0.264 e. The summed E-state index contributed by atoms with van der Waals surface area (Å²) < 4.78 is 46.6. The van der Waals surface area contributed by atoms with Gasteiger partial charge in [-0.25, -0.2) is 12.8 Å². The van der Waals surface area contributed by atoms with E-state index in [1.165, 1.54) is 24.3 Å². The van der Waals surface area contributed by atoms with Crippen molar-refractivity contribution in [2.24, 2.45) is 0 Å². The smallest absolute Gasteiger partial charge is 0.264 e. The summed E-state index contributed by atoms with van der Waals surface area (Å²) in [5, 5.41) is 2.40. The number of carbonyl (C=O) groups is 1. The molecule has 0 aliphatic heterocycles. The molecule has 0 spiro atoms. The Bertz CT molecular complexity index is 1200. The van der Waals surface area contributed by atoms with E-state index in [2.05, 4.69) is 5.32 Å². The first-order chi connectivity index (χ1) is 15.2. The number of carbonyl (C=O) groups excluding carboxylic acids is 1. The molecule has 0 radical (unpaired) electrons. The van der Waals surface area contributed by atoms with Crippen LogP contribution in [-0.4, -0.2) is 27.5 Å². The van der Waals surface area contributed by atoms with Gasteiger partial charge >= 0.3 is 0 Å². The van der Waals surface area contributed by atoms with Gasteiger partial charge < -0.3 is 10.1 Å². The summed E-state index contributed by atoms with van der Waals surface area (Å²) in [5.74, 6) is -0.689. The van der Waals surface area contributed by atoms with Gasteiger partial charge in [0.05, 0.1) is 22.2 Å². The summed E-state index contributed by atoms with van der Waals surface area (Å²) in [7, 11) is -4.07. The van der Waals surface area contributed by atoms with Gasteiger partial charge in [-0.1, -0.05) is 29.3 Å². The minimum Gasteiger partial charge on any atom is -0.494 e. The van der Waals surface area contributed by atoms with Gasteiger partial charge in [-0.2, -0.15) is 0 Å². The highest BCUT2D eigenvalue weighted by Gasteiger charge is 2.27. The van der Waals surface area contributed by atoms with E-state index in [1.54, 1.807) is 36.4 Å². The van der Waals surface area contributed by atoms with Crippen LogP contribution in [0.3, 0.4) is 0 Å². The Morgan fingerprint density at radius 2 is 1.72 bits per heavy atom. The summed E-state index contributed by atoms with van der Waals surface area (Å²) in [5.41, 5.74) is 1.53. The Kier molecular flexibility index (Phi) is 7.37. The van der Waals surface area contributed by atoms with E-state index in [4.69, 9.17) is 16.3 Å². The standard InChI is InChI=1S/C23H22ClFN2O4S/c1-3-31-19-9-11-20(12-10-19)32(29,30)27(18-7-4-16(2)5-8-18)15-23(28)26-17-6-13-22(25)21(24)14-17/h4-14H,3,15H2,1-2H3,(H,26,28). The van der Waals surface area contributed by atoms with Crippen LogP contribution < -0.4 is 14.4 Å². The number of nitrogens with one attached hydrogen (secondary N) is 1. The van der Waals surface area contributed by atoms with Crippen molar-refractivity contribution < 1.29 is 22.3 Å².